The zero-order valence-corrected chi connectivity index (χ0v) is 13.2. The number of nitrogens with two attached hydrogens (primary N) is 1. The van der Waals surface area contributed by atoms with Crippen LogP contribution in [0.25, 0.3) is 0 Å². The molecule has 0 heterocycles. The van der Waals surface area contributed by atoms with Gasteiger partial charge in [-0.15, -0.1) is 0 Å². The Morgan fingerprint density at radius 3 is 2.57 bits per heavy atom. The summed E-state index contributed by atoms with van der Waals surface area (Å²) in [5.74, 6) is -0.165. The summed E-state index contributed by atoms with van der Waals surface area (Å²) in [7, 11) is -2.09. The highest BCUT2D eigenvalue weighted by molar-refractivity contribution is 7.89. The molecule has 0 saturated carbocycles. The Morgan fingerprint density at radius 1 is 1.33 bits per heavy atom. The van der Waals surface area contributed by atoms with Crippen molar-refractivity contribution in [2.24, 2.45) is 5.14 Å². The number of hydrogen-bond acceptors (Lipinski definition) is 3. The summed E-state index contributed by atoms with van der Waals surface area (Å²) in [6, 6.07) is 6.02. The van der Waals surface area contributed by atoms with Gasteiger partial charge in [0.15, 0.2) is 0 Å². The number of benzene rings is 1. The molecule has 6 heteroatoms. The van der Waals surface area contributed by atoms with Crippen LogP contribution in [-0.4, -0.2) is 26.3 Å². The number of allylic oxidation sites excluding steroid dienone is 3. The van der Waals surface area contributed by atoms with Crippen molar-refractivity contribution < 1.29 is 13.2 Å². The van der Waals surface area contributed by atoms with Crippen molar-refractivity contribution in [3.05, 3.63) is 54.1 Å². The summed E-state index contributed by atoms with van der Waals surface area (Å²) < 4.78 is 22.7. The largest absolute Gasteiger partial charge is 0.335 e. The van der Waals surface area contributed by atoms with E-state index in [2.05, 4.69) is 0 Å². The van der Waals surface area contributed by atoms with Gasteiger partial charge in [0.25, 0.3) is 0 Å². The second kappa shape index (κ2) is 7.19. The number of primary sulfonamides is 1. The number of amides is 1. The number of carbonyl (C=O) groups excluding carboxylic acids is 1. The molecule has 0 aliphatic rings. The number of hydrogen-bond donors (Lipinski definition) is 1. The van der Waals surface area contributed by atoms with E-state index in [4.69, 9.17) is 5.14 Å². The normalized spacial score (nSPS) is 13.7. The van der Waals surface area contributed by atoms with Gasteiger partial charge in [0.1, 0.15) is 0 Å². The average molecular weight is 308 g/mol. The van der Waals surface area contributed by atoms with E-state index >= 15 is 0 Å². The van der Waals surface area contributed by atoms with Crippen LogP contribution < -0.4 is 5.14 Å². The third kappa shape index (κ3) is 4.84. The Kier molecular flexibility index (Phi) is 5.87. The molecule has 1 aromatic rings. The fraction of sp³-hybridized carbons (Fsp3) is 0.267. The van der Waals surface area contributed by atoms with E-state index in [1.807, 2.05) is 19.9 Å². The van der Waals surface area contributed by atoms with Crippen LogP contribution in [0.4, 0.5) is 0 Å². The molecule has 1 aromatic carbocycles. The minimum absolute atomic E-state index is 0.0390. The number of carbonyl (C=O) groups is 1. The average Bonchev–Trinajstić information content (AvgIpc) is 2.45. The van der Waals surface area contributed by atoms with Crippen LogP contribution >= 0.6 is 0 Å². The molecule has 0 radical (unpaired) electrons. The molecule has 0 spiro atoms. The smallest absolute Gasteiger partial charge is 0.246 e. The molecular formula is C15H20N2O3S. The molecule has 1 atom stereocenters. The Morgan fingerprint density at radius 2 is 2.00 bits per heavy atom. The lowest BCUT2D eigenvalue weighted by Gasteiger charge is -2.24. The van der Waals surface area contributed by atoms with Crippen molar-refractivity contribution in [3.63, 3.8) is 0 Å². The van der Waals surface area contributed by atoms with Gasteiger partial charge in [-0.25, -0.2) is 13.6 Å². The molecular weight excluding hydrogens is 288 g/mol. The number of sulfonamides is 1. The van der Waals surface area contributed by atoms with Crippen molar-refractivity contribution in [1.82, 2.24) is 4.90 Å². The molecule has 0 saturated heterocycles. The second-order valence-corrected chi connectivity index (χ2v) is 6.19. The van der Waals surface area contributed by atoms with Gasteiger partial charge in [-0.1, -0.05) is 30.4 Å². The predicted molar refractivity (Wildman–Crippen MR) is 83.0 cm³/mol. The number of likely N-dealkylation sites (N-methyl/N-ethyl adjacent to an activating group) is 1. The van der Waals surface area contributed by atoms with Gasteiger partial charge >= 0.3 is 0 Å². The fourth-order valence-corrected chi connectivity index (χ4v) is 2.30. The van der Waals surface area contributed by atoms with Gasteiger partial charge in [-0.3, -0.25) is 4.79 Å². The summed E-state index contributed by atoms with van der Waals surface area (Å²) in [6.45, 7) is 3.68. The summed E-state index contributed by atoms with van der Waals surface area (Å²) in [5.41, 5.74) is 0.705. The molecule has 0 bridgehead atoms. The van der Waals surface area contributed by atoms with E-state index in [1.54, 1.807) is 31.3 Å². The maximum Gasteiger partial charge on any atom is 0.246 e. The minimum Gasteiger partial charge on any atom is -0.335 e. The number of nitrogens with zero attached hydrogens (tertiary/aromatic N) is 1. The van der Waals surface area contributed by atoms with Crippen LogP contribution in [0.3, 0.4) is 0 Å². The Balaban J connectivity index is 2.98. The van der Waals surface area contributed by atoms with Gasteiger partial charge < -0.3 is 4.90 Å². The first-order valence-corrected chi connectivity index (χ1v) is 8.01. The topological polar surface area (TPSA) is 80.5 Å². The fourth-order valence-electron chi connectivity index (χ4n) is 1.73. The lowest BCUT2D eigenvalue weighted by molar-refractivity contribution is -0.126. The summed E-state index contributed by atoms with van der Waals surface area (Å²) >= 11 is 0. The highest BCUT2D eigenvalue weighted by atomic mass is 32.2. The molecule has 0 fully saturated rings. The van der Waals surface area contributed by atoms with Crippen LogP contribution in [0.1, 0.15) is 25.5 Å². The van der Waals surface area contributed by atoms with Crippen LogP contribution in [0, 0.1) is 0 Å². The third-order valence-electron chi connectivity index (χ3n) is 3.14. The van der Waals surface area contributed by atoms with Crippen LogP contribution in [0.5, 0.6) is 0 Å². The Hall–Kier alpha value is -1.92. The van der Waals surface area contributed by atoms with E-state index < -0.39 is 10.0 Å². The minimum atomic E-state index is -3.75. The van der Waals surface area contributed by atoms with Crippen LogP contribution in [0.15, 0.2) is 53.5 Å². The van der Waals surface area contributed by atoms with E-state index in [-0.39, 0.29) is 16.8 Å². The van der Waals surface area contributed by atoms with Crippen molar-refractivity contribution in [2.45, 2.75) is 24.8 Å². The van der Waals surface area contributed by atoms with Crippen molar-refractivity contribution >= 4 is 15.9 Å². The summed E-state index contributed by atoms with van der Waals surface area (Å²) in [4.78, 5) is 13.5. The van der Waals surface area contributed by atoms with Crippen molar-refractivity contribution in [2.75, 3.05) is 7.05 Å². The molecule has 0 aromatic heterocycles. The van der Waals surface area contributed by atoms with Gasteiger partial charge in [0.05, 0.1) is 10.9 Å². The molecule has 1 rings (SSSR count). The molecule has 5 nitrogen and oxygen atoms in total. The first kappa shape index (κ1) is 17.1. The summed E-state index contributed by atoms with van der Waals surface area (Å²) in [6.07, 6.45) is 6.70. The molecule has 0 aliphatic heterocycles. The second-order valence-electron chi connectivity index (χ2n) is 4.63. The lowest BCUT2D eigenvalue weighted by atomic mass is 10.1. The van der Waals surface area contributed by atoms with Crippen LogP contribution in [-0.2, 0) is 14.8 Å². The highest BCUT2D eigenvalue weighted by Gasteiger charge is 2.17. The van der Waals surface area contributed by atoms with Crippen molar-refractivity contribution in [3.8, 4) is 0 Å². The quantitative estimate of drug-likeness (QED) is 0.667. The van der Waals surface area contributed by atoms with E-state index in [1.165, 1.54) is 23.1 Å². The standard InChI is InChI=1S/C15H20N2O3S/c1-4-5-6-10-15(18)17(3)12(2)13-8-7-9-14(11-13)21(16,19)20/h4-12H,1-3H3,(H2,16,19,20)/b5-4+,10-6+/t12-/m1/s1. The van der Waals surface area contributed by atoms with E-state index in [0.29, 0.717) is 5.56 Å². The monoisotopic (exact) mass is 308 g/mol. The van der Waals surface area contributed by atoms with Crippen LogP contribution in [0.2, 0.25) is 0 Å². The van der Waals surface area contributed by atoms with Gasteiger partial charge in [-0.2, -0.15) is 0 Å². The SMILES string of the molecule is C/C=C/C=C/C(=O)N(C)[C@H](C)c1cccc(S(N)(=O)=O)c1. The molecule has 0 aliphatic carbocycles. The summed E-state index contributed by atoms with van der Waals surface area (Å²) in [5, 5.41) is 5.12. The Labute approximate surface area is 125 Å². The van der Waals surface area contributed by atoms with E-state index in [9.17, 15) is 13.2 Å². The van der Waals surface area contributed by atoms with E-state index in [0.717, 1.165) is 0 Å². The first-order valence-electron chi connectivity index (χ1n) is 6.46. The molecule has 1 amide bonds. The van der Waals surface area contributed by atoms with Gasteiger partial charge in [0.2, 0.25) is 15.9 Å². The number of rotatable bonds is 5. The zero-order valence-electron chi connectivity index (χ0n) is 12.4. The highest BCUT2D eigenvalue weighted by Crippen LogP contribution is 2.21. The van der Waals surface area contributed by atoms with Gasteiger partial charge in [0, 0.05) is 13.1 Å². The Bertz CT molecular complexity index is 663. The molecule has 21 heavy (non-hydrogen) atoms. The molecule has 2 N–H and O–H groups in total. The maximum absolute atomic E-state index is 12.0. The van der Waals surface area contributed by atoms with Gasteiger partial charge in [-0.05, 0) is 31.5 Å². The molecule has 0 unspecified atom stereocenters. The van der Waals surface area contributed by atoms with Crippen molar-refractivity contribution in [1.29, 1.82) is 0 Å². The lowest BCUT2D eigenvalue weighted by Crippen LogP contribution is -2.28. The molecule has 114 valence electrons. The third-order valence-corrected chi connectivity index (χ3v) is 4.05. The predicted octanol–water partition coefficient (Wildman–Crippen LogP) is 1.99. The maximum atomic E-state index is 12.0. The first-order chi connectivity index (χ1) is 9.77. The zero-order chi connectivity index (χ0) is 16.0.